The van der Waals surface area contributed by atoms with Gasteiger partial charge in [-0.25, -0.2) is 4.39 Å². The average molecular weight is 524 g/mol. The molecule has 200 valence electrons. The number of hydrogen-bond acceptors (Lipinski definition) is 6. The number of ether oxygens (including phenoxy) is 3. The quantitative estimate of drug-likeness (QED) is 0.398. The molecule has 3 rings (SSSR count). The monoisotopic (exact) mass is 523 g/mol. The van der Waals surface area contributed by atoms with Gasteiger partial charge in [0.15, 0.2) is 11.5 Å². The van der Waals surface area contributed by atoms with Crippen LogP contribution < -0.4 is 24.8 Å². The van der Waals surface area contributed by atoms with E-state index >= 15 is 0 Å². The highest BCUT2D eigenvalue weighted by Crippen LogP contribution is 2.38. The van der Waals surface area contributed by atoms with Crippen LogP contribution in [-0.4, -0.2) is 57.0 Å². The van der Waals surface area contributed by atoms with E-state index in [0.29, 0.717) is 17.0 Å². The zero-order valence-corrected chi connectivity index (χ0v) is 21.7. The minimum atomic E-state index is -0.549. The van der Waals surface area contributed by atoms with Gasteiger partial charge in [-0.1, -0.05) is 29.8 Å². The van der Waals surface area contributed by atoms with Crippen LogP contribution in [0.4, 0.5) is 10.1 Å². The third-order valence-corrected chi connectivity index (χ3v) is 5.60. The lowest BCUT2D eigenvalue weighted by atomic mass is 10.1. The Hall–Kier alpha value is -4.60. The Morgan fingerprint density at radius 1 is 0.842 bits per heavy atom. The third-order valence-electron chi connectivity index (χ3n) is 5.60. The van der Waals surface area contributed by atoms with Crippen molar-refractivity contribution < 1.29 is 33.0 Å². The van der Waals surface area contributed by atoms with Gasteiger partial charge in [-0.2, -0.15) is 0 Å². The minimum absolute atomic E-state index is 0.0127. The molecule has 0 aromatic heterocycles. The first-order chi connectivity index (χ1) is 18.2. The van der Waals surface area contributed by atoms with Crippen LogP contribution in [0.2, 0.25) is 0 Å². The Balaban J connectivity index is 1.76. The molecule has 3 aromatic carbocycles. The van der Waals surface area contributed by atoms with E-state index in [0.717, 1.165) is 5.56 Å². The van der Waals surface area contributed by atoms with Gasteiger partial charge in [0, 0.05) is 17.8 Å². The molecule has 0 atom stereocenters. The maximum absolute atomic E-state index is 13.5. The molecule has 0 unspecified atom stereocenters. The minimum Gasteiger partial charge on any atom is -0.493 e. The Morgan fingerprint density at radius 2 is 1.45 bits per heavy atom. The van der Waals surface area contributed by atoms with Crippen molar-refractivity contribution in [1.82, 2.24) is 10.2 Å². The Morgan fingerprint density at radius 3 is 2.00 bits per heavy atom. The van der Waals surface area contributed by atoms with Crippen LogP contribution in [0.15, 0.2) is 60.7 Å². The van der Waals surface area contributed by atoms with Gasteiger partial charge in [-0.3, -0.25) is 14.4 Å². The number of rotatable bonds is 11. The predicted molar refractivity (Wildman–Crippen MR) is 140 cm³/mol. The van der Waals surface area contributed by atoms with Crippen molar-refractivity contribution in [1.29, 1.82) is 0 Å². The van der Waals surface area contributed by atoms with E-state index in [1.165, 1.54) is 62.6 Å². The number of nitrogens with zero attached hydrogens (tertiary/aromatic N) is 1. The maximum Gasteiger partial charge on any atom is 0.254 e. The molecular weight excluding hydrogens is 493 g/mol. The van der Waals surface area contributed by atoms with Crippen molar-refractivity contribution in [2.45, 2.75) is 13.5 Å². The second-order valence-corrected chi connectivity index (χ2v) is 8.39. The molecule has 9 nitrogen and oxygen atoms in total. The van der Waals surface area contributed by atoms with E-state index in [4.69, 9.17) is 14.2 Å². The van der Waals surface area contributed by atoms with Gasteiger partial charge < -0.3 is 29.7 Å². The number of carbonyl (C=O) groups excluding carboxylic acids is 3. The van der Waals surface area contributed by atoms with Crippen molar-refractivity contribution in [3.8, 4) is 17.2 Å². The number of nitrogens with one attached hydrogen (secondary N) is 2. The number of aryl methyl sites for hydroxylation is 1. The molecule has 0 aliphatic rings. The van der Waals surface area contributed by atoms with Crippen LogP contribution in [0.5, 0.6) is 17.2 Å². The van der Waals surface area contributed by atoms with Gasteiger partial charge in [0.2, 0.25) is 17.6 Å². The second-order valence-electron chi connectivity index (χ2n) is 8.39. The summed E-state index contributed by atoms with van der Waals surface area (Å²) in [6.07, 6.45) is 0. The first-order valence-electron chi connectivity index (χ1n) is 11.7. The first-order valence-corrected chi connectivity index (χ1v) is 11.7. The van der Waals surface area contributed by atoms with Gasteiger partial charge in [0.1, 0.15) is 12.4 Å². The summed E-state index contributed by atoms with van der Waals surface area (Å²) >= 11 is 0. The molecule has 0 radical (unpaired) electrons. The molecule has 0 fully saturated rings. The molecule has 10 heteroatoms. The number of hydrogen-bond donors (Lipinski definition) is 2. The van der Waals surface area contributed by atoms with Gasteiger partial charge >= 0.3 is 0 Å². The third kappa shape index (κ3) is 7.45. The SMILES string of the molecule is COc1cc(C(=O)N(CC(=O)NCC(=O)Nc2ccc(C)cc2)Cc2ccc(F)cc2)cc(OC)c1OC. The Kier molecular flexibility index (Phi) is 9.64. The Labute approximate surface area is 220 Å². The first kappa shape index (κ1) is 28.0. The highest BCUT2D eigenvalue weighted by Gasteiger charge is 2.23. The number of benzene rings is 3. The molecule has 0 bridgehead atoms. The van der Waals surface area contributed by atoms with Crippen LogP contribution in [0.1, 0.15) is 21.5 Å². The fourth-order valence-electron chi connectivity index (χ4n) is 3.65. The van der Waals surface area contributed by atoms with E-state index < -0.39 is 23.5 Å². The lowest BCUT2D eigenvalue weighted by molar-refractivity contribution is -0.124. The van der Waals surface area contributed by atoms with Crippen LogP contribution in [0.3, 0.4) is 0 Å². The molecule has 0 spiro atoms. The molecule has 2 N–H and O–H groups in total. The van der Waals surface area contributed by atoms with Gasteiger partial charge in [0.25, 0.3) is 5.91 Å². The van der Waals surface area contributed by atoms with Crippen molar-refractivity contribution >= 4 is 23.4 Å². The lowest BCUT2D eigenvalue weighted by Gasteiger charge is -2.23. The van der Waals surface area contributed by atoms with Crippen molar-refractivity contribution in [2.24, 2.45) is 0 Å². The van der Waals surface area contributed by atoms with Crippen LogP contribution in [0.25, 0.3) is 0 Å². The van der Waals surface area contributed by atoms with E-state index in [1.54, 1.807) is 12.1 Å². The molecule has 3 amide bonds. The topological polar surface area (TPSA) is 106 Å². The van der Waals surface area contributed by atoms with E-state index in [2.05, 4.69) is 10.6 Å². The zero-order chi connectivity index (χ0) is 27.7. The molecule has 0 saturated heterocycles. The summed E-state index contributed by atoms with van der Waals surface area (Å²) in [6, 6.07) is 15.8. The van der Waals surface area contributed by atoms with E-state index in [1.807, 2.05) is 19.1 Å². The largest absolute Gasteiger partial charge is 0.493 e. The lowest BCUT2D eigenvalue weighted by Crippen LogP contribution is -2.42. The highest BCUT2D eigenvalue weighted by molar-refractivity contribution is 5.99. The van der Waals surface area contributed by atoms with E-state index in [9.17, 15) is 18.8 Å². The van der Waals surface area contributed by atoms with Crippen molar-refractivity contribution in [3.63, 3.8) is 0 Å². The van der Waals surface area contributed by atoms with Crippen LogP contribution >= 0.6 is 0 Å². The summed E-state index contributed by atoms with van der Waals surface area (Å²) in [5.74, 6) is -1.03. The smallest absolute Gasteiger partial charge is 0.254 e. The number of halogens is 1. The fraction of sp³-hybridized carbons (Fsp3) is 0.250. The van der Waals surface area contributed by atoms with Gasteiger partial charge in [-0.15, -0.1) is 0 Å². The molecule has 0 aliphatic carbocycles. The zero-order valence-electron chi connectivity index (χ0n) is 21.7. The Bertz CT molecular complexity index is 1250. The molecule has 3 aromatic rings. The van der Waals surface area contributed by atoms with Crippen LogP contribution in [0, 0.1) is 12.7 Å². The van der Waals surface area contributed by atoms with Crippen molar-refractivity contribution in [3.05, 3.63) is 83.2 Å². The van der Waals surface area contributed by atoms with Gasteiger partial charge in [-0.05, 0) is 48.9 Å². The molecule has 0 aliphatic heterocycles. The summed E-state index contributed by atoms with van der Waals surface area (Å²) in [6.45, 7) is 1.31. The highest BCUT2D eigenvalue weighted by atomic mass is 19.1. The number of carbonyl (C=O) groups is 3. The number of anilines is 1. The average Bonchev–Trinajstić information content (AvgIpc) is 2.92. The summed E-state index contributed by atoms with van der Waals surface area (Å²) in [5, 5.41) is 5.23. The summed E-state index contributed by atoms with van der Waals surface area (Å²) in [5.41, 5.74) is 2.45. The van der Waals surface area contributed by atoms with E-state index in [-0.39, 0.29) is 36.7 Å². The fourth-order valence-corrected chi connectivity index (χ4v) is 3.65. The molecule has 0 saturated carbocycles. The maximum atomic E-state index is 13.5. The number of amides is 3. The summed E-state index contributed by atoms with van der Waals surface area (Å²) in [7, 11) is 4.30. The van der Waals surface area contributed by atoms with Crippen molar-refractivity contribution in [2.75, 3.05) is 39.7 Å². The normalized spacial score (nSPS) is 10.3. The summed E-state index contributed by atoms with van der Waals surface area (Å²) < 4.78 is 29.4. The van der Waals surface area contributed by atoms with Gasteiger partial charge in [0.05, 0.1) is 27.9 Å². The second kappa shape index (κ2) is 13.1. The van der Waals surface area contributed by atoms with Crippen LogP contribution in [-0.2, 0) is 16.1 Å². The number of methoxy groups -OCH3 is 3. The summed E-state index contributed by atoms with van der Waals surface area (Å²) in [4.78, 5) is 39.9. The standard InChI is InChI=1S/C28H30FN3O6/c1-18-5-11-22(12-6-18)31-25(33)15-30-26(34)17-32(16-19-7-9-21(29)10-8-19)28(35)20-13-23(36-2)27(38-4)24(14-20)37-3/h5-14H,15-17H2,1-4H3,(H,30,34)(H,31,33). The molecule has 38 heavy (non-hydrogen) atoms. The molecule has 0 heterocycles. The predicted octanol–water partition coefficient (Wildman–Crippen LogP) is 3.56. The molecular formula is C28H30FN3O6.